The first kappa shape index (κ1) is 31.6. The second kappa shape index (κ2) is 11.2. The number of thiazole rings is 1. The third-order valence-corrected chi connectivity index (χ3v) is 14.6. The molecule has 0 bridgehead atoms. The Balaban J connectivity index is 2.42. The lowest BCUT2D eigenvalue weighted by Crippen LogP contribution is -2.40. The Morgan fingerprint density at radius 1 is 1.08 bits per heavy atom. The summed E-state index contributed by atoms with van der Waals surface area (Å²) in [5.74, 6) is -0.384. The largest absolute Gasteiger partial charge is 0.411 e. The lowest BCUT2D eigenvalue weighted by Gasteiger charge is -2.36. The number of pyridine rings is 1. The van der Waals surface area contributed by atoms with Gasteiger partial charge in [-0.25, -0.2) is 18.1 Å². The molecular formula is C26H43N3O5S2Si. The van der Waals surface area contributed by atoms with Crippen LogP contribution < -0.4 is 4.72 Å². The quantitative estimate of drug-likeness (QED) is 0.359. The molecule has 2 rings (SSSR count). The van der Waals surface area contributed by atoms with E-state index in [2.05, 4.69) is 48.6 Å². The van der Waals surface area contributed by atoms with Crippen LogP contribution in [-0.4, -0.2) is 37.7 Å². The third kappa shape index (κ3) is 7.69. The third-order valence-electron chi connectivity index (χ3n) is 6.76. The van der Waals surface area contributed by atoms with Crippen LogP contribution in [0.25, 0.3) is 0 Å². The molecule has 2 N–H and O–H groups in total. The molecule has 0 atom stereocenters. The number of carbonyl (C=O) groups is 1. The van der Waals surface area contributed by atoms with Crippen molar-refractivity contribution in [2.75, 3.05) is 0 Å². The molecule has 0 saturated heterocycles. The fraction of sp³-hybridized carbons (Fsp3) is 0.654. The van der Waals surface area contributed by atoms with Gasteiger partial charge in [0.1, 0.15) is 10.6 Å². The number of hydrogen-bond acceptors (Lipinski definition) is 8. The molecule has 1 amide bonds. The zero-order chi connectivity index (χ0) is 28.6. The first-order valence-electron chi connectivity index (χ1n) is 12.6. The monoisotopic (exact) mass is 569 g/mol. The average Bonchev–Trinajstić information content (AvgIpc) is 3.17. The number of carbonyl (C=O) groups excluding carboxylic acids is 1. The van der Waals surface area contributed by atoms with Gasteiger partial charge in [-0.1, -0.05) is 48.5 Å². The minimum absolute atomic E-state index is 0.0210. The van der Waals surface area contributed by atoms with Crippen LogP contribution in [0.3, 0.4) is 0 Å². The Bertz CT molecular complexity index is 1200. The van der Waals surface area contributed by atoms with E-state index in [1.807, 2.05) is 27.7 Å². The number of sulfonamides is 1. The molecule has 0 unspecified atom stereocenters. The van der Waals surface area contributed by atoms with E-state index < -0.39 is 29.8 Å². The normalized spacial score (nSPS) is 13.5. The lowest BCUT2D eigenvalue weighted by molar-refractivity contribution is -0.118. The minimum Gasteiger partial charge on any atom is -0.411 e. The van der Waals surface area contributed by atoms with Crippen LogP contribution in [0.5, 0.6) is 0 Å². The van der Waals surface area contributed by atoms with E-state index in [1.54, 1.807) is 26.2 Å². The second-order valence-corrected chi connectivity index (χ2v) is 19.9. The Morgan fingerprint density at radius 2 is 1.59 bits per heavy atom. The van der Waals surface area contributed by atoms with Crippen molar-refractivity contribution in [3.05, 3.63) is 39.8 Å². The maximum atomic E-state index is 13.5. The standard InChI is InChI=1S/C26H43N3O5S2Si/c1-16(2)19-13-27-14-20(17(3)4)18(19)12-22(30)29-36(32,33)23-21(28-24(35-23)26(8,9)31)15-34-37(10,11)25(5,6)7/h13-14,16-17,31H,12,15H2,1-11H3,(H,29,30). The van der Waals surface area contributed by atoms with Gasteiger partial charge in [-0.2, -0.15) is 0 Å². The van der Waals surface area contributed by atoms with E-state index in [4.69, 9.17) is 4.43 Å². The van der Waals surface area contributed by atoms with E-state index >= 15 is 0 Å². The number of nitrogens with one attached hydrogen (secondary N) is 1. The van der Waals surface area contributed by atoms with Gasteiger partial charge in [-0.15, -0.1) is 11.3 Å². The smallest absolute Gasteiger partial charge is 0.275 e. The molecule has 2 aromatic heterocycles. The van der Waals surface area contributed by atoms with Gasteiger partial charge in [0.2, 0.25) is 5.91 Å². The van der Waals surface area contributed by atoms with Gasteiger partial charge in [0.05, 0.1) is 18.7 Å². The van der Waals surface area contributed by atoms with Crippen molar-refractivity contribution in [2.24, 2.45) is 0 Å². The van der Waals surface area contributed by atoms with Crippen LogP contribution >= 0.6 is 11.3 Å². The zero-order valence-electron chi connectivity index (χ0n) is 24.0. The molecule has 0 spiro atoms. The fourth-order valence-electron chi connectivity index (χ4n) is 3.48. The second-order valence-electron chi connectivity index (χ2n) is 12.2. The lowest BCUT2D eigenvalue weighted by atomic mass is 9.89. The fourth-order valence-corrected chi connectivity index (χ4v) is 6.89. The number of amides is 1. The molecule has 2 aromatic rings. The van der Waals surface area contributed by atoms with Gasteiger partial charge in [0.15, 0.2) is 12.5 Å². The van der Waals surface area contributed by atoms with Gasteiger partial charge in [0.25, 0.3) is 10.0 Å². The van der Waals surface area contributed by atoms with Gasteiger partial charge in [-0.3, -0.25) is 9.78 Å². The molecule has 0 radical (unpaired) electrons. The molecule has 0 aliphatic carbocycles. The first-order valence-corrected chi connectivity index (χ1v) is 17.8. The van der Waals surface area contributed by atoms with Crippen LogP contribution in [0.4, 0.5) is 0 Å². The highest BCUT2D eigenvalue weighted by Crippen LogP contribution is 2.38. The number of aromatic nitrogens is 2. The predicted octanol–water partition coefficient (Wildman–Crippen LogP) is 5.58. The summed E-state index contributed by atoms with van der Waals surface area (Å²) in [7, 11) is -6.46. The summed E-state index contributed by atoms with van der Waals surface area (Å²) in [6.45, 7) is 21.6. The molecule has 0 aromatic carbocycles. The molecule has 208 valence electrons. The van der Waals surface area contributed by atoms with Crippen molar-refractivity contribution in [3.8, 4) is 0 Å². The highest BCUT2D eigenvalue weighted by Gasteiger charge is 2.38. The summed E-state index contributed by atoms with van der Waals surface area (Å²) in [5, 5.41) is 10.7. The number of rotatable bonds is 10. The molecule has 0 saturated carbocycles. The van der Waals surface area contributed by atoms with Crippen molar-refractivity contribution < 1.29 is 22.7 Å². The number of nitrogens with zero attached hydrogens (tertiary/aromatic N) is 2. The summed E-state index contributed by atoms with van der Waals surface area (Å²) in [6, 6.07) is 0. The molecule has 0 aliphatic rings. The van der Waals surface area contributed by atoms with E-state index in [0.717, 1.165) is 28.0 Å². The molecule has 37 heavy (non-hydrogen) atoms. The molecule has 0 fully saturated rings. The topological polar surface area (TPSA) is 118 Å². The Labute approximate surface area is 227 Å². The van der Waals surface area contributed by atoms with Crippen molar-refractivity contribution in [1.82, 2.24) is 14.7 Å². The summed E-state index contributed by atoms with van der Waals surface area (Å²) in [6.07, 6.45) is 3.39. The van der Waals surface area contributed by atoms with Gasteiger partial charge >= 0.3 is 0 Å². The molecular weight excluding hydrogens is 527 g/mol. The summed E-state index contributed by atoms with van der Waals surface area (Å²) in [5.41, 5.74) is 1.50. The van der Waals surface area contributed by atoms with Gasteiger partial charge in [-0.05, 0) is 60.5 Å². The van der Waals surface area contributed by atoms with Crippen molar-refractivity contribution in [2.45, 2.75) is 115 Å². The van der Waals surface area contributed by atoms with Gasteiger partial charge in [0, 0.05) is 12.4 Å². The van der Waals surface area contributed by atoms with E-state index in [-0.39, 0.29) is 44.8 Å². The van der Waals surface area contributed by atoms with Gasteiger partial charge < -0.3 is 9.53 Å². The Hall–Kier alpha value is -1.66. The van der Waals surface area contributed by atoms with Crippen molar-refractivity contribution in [3.63, 3.8) is 0 Å². The molecule has 2 heterocycles. The van der Waals surface area contributed by atoms with Crippen LogP contribution in [0, 0.1) is 0 Å². The van der Waals surface area contributed by atoms with Crippen molar-refractivity contribution in [1.29, 1.82) is 0 Å². The van der Waals surface area contributed by atoms with E-state index in [9.17, 15) is 18.3 Å². The Morgan fingerprint density at radius 3 is 2.03 bits per heavy atom. The van der Waals surface area contributed by atoms with E-state index in [1.165, 1.54) is 0 Å². The maximum Gasteiger partial charge on any atom is 0.275 e. The minimum atomic E-state index is -4.25. The highest BCUT2D eigenvalue weighted by molar-refractivity contribution is 7.92. The Kier molecular flexibility index (Phi) is 9.56. The van der Waals surface area contributed by atoms with Crippen molar-refractivity contribution >= 4 is 35.6 Å². The average molecular weight is 570 g/mol. The molecule has 8 nitrogen and oxygen atoms in total. The number of hydrogen-bond donors (Lipinski definition) is 2. The van der Waals surface area contributed by atoms with E-state index in [0.29, 0.717) is 0 Å². The summed E-state index contributed by atoms with van der Waals surface area (Å²) in [4.78, 5) is 21.9. The number of aliphatic hydroxyl groups is 1. The predicted molar refractivity (Wildman–Crippen MR) is 151 cm³/mol. The summed E-state index contributed by atoms with van der Waals surface area (Å²) < 4.78 is 35.3. The first-order chi connectivity index (χ1) is 16.7. The highest BCUT2D eigenvalue weighted by atomic mass is 32.2. The van der Waals surface area contributed by atoms with Crippen LogP contribution in [-0.2, 0) is 37.9 Å². The molecule has 11 heteroatoms. The maximum absolute atomic E-state index is 13.5. The van der Waals surface area contributed by atoms with Crippen LogP contribution in [0.2, 0.25) is 18.1 Å². The van der Waals surface area contributed by atoms with Crippen LogP contribution in [0.15, 0.2) is 16.6 Å². The SMILES string of the molecule is CC(C)c1cncc(C(C)C)c1CC(=O)NS(=O)(=O)c1sc(C(C)(C)O)nc1CO[Si](C)(C)C(C)(C)C. The van der Waals surface area contributed by atoms with Crippen LogP contribution in [0.1, 0.15) is 102 Å². The molecule has 0 aliphatic heterocycles. The zero-order valence-corrected chi connectivity index (χ0v) is 26.6. The summed E-state index contributed by atoms with van der Waals surface area (Å²) >= 11 is 0.857.